The highest BCUT2D eigenvalue weighted by molar-refractivity contribution is 5.93. The van der Waals surface area contributed by atoms with Crippen molar-refractivity contribution in [1.29, 1.82) is 0 Å². The second kappa shape index (κ2) is 7.46. The number of hydrogen-bond acceptors (Lipinski definition) is 4. The molecular weight excluding hydrogens is 420 g/mol. The lowest BCUT2D eigenvalue weighted by molar-refractivity contribution is -0.147. The van der Waals surface area contributed by atoms with E-state index in [4.69, 9.17) is 0 Å². The van der Waals surface area contributed by atoms with Crippen LogP contribution in [0.5, 0.6) is 0 Å². The summed E-state index contributed by atoms with van der Waals surface area (Å²) in [5.74, 6) is -1.19. The minimum absolute atomic E-state index is 0.00685. The maximum absolute atomic E-state index is 13.0. The molecule has 3 rings (SSSR count). The third-order valence-corrected chi connectivity index (χ3v) is 4.24. The number of aromatic nitrogens is 3. The van der Waals surface area contributed by atoms with E-state index in [1.54, 1.807) is 0 Å². The molecule has 0 aliphatic carbocycles. The average Bonchev–Trinajstić information content (AvgIpc) is 3.25. The summed E-state index contributed by atoms with van der Waals surface area (Å²) in [6.45, 7) is 0.186. The van der Waals surface area contributed by atoms with Crippen molar-refractivity contribution in [2.45, 2.75) is 18.8 Å². The van der Waals surface area contributed by atoms with Gasteiger partial charge in [-0.3, -0.25) is 14.6 Å². The highest BCUT2D eigenvalue weighted by Gasteiger charge is 2.37. The van der Waals surface area contributed by atoms with Crippen molar-refractivity contribution < 1.29 is 35.9 Å². The lowest BCUT2D eigenvalue weighted by atomic mass is 10.0. The van der Waals surface area contributed by atoms with E-state index in [9.17, 15) is 35.9 Å². The Morgan fingerprint density at radius 2 is 1.67 bits per heavy atom. The first-order chi connectivity index (χ1) is 13.9. The van der Waals surface area contributed by atoms with Gasteiger partial charge < -0.3 is 0 Å². The zero-order valence-corrected chi connectivity index (χ0v) is 15.2. The quantitative estimate of drug-likeness (QED) is 0.551. The third-order valence-electron chi connectivity index (χ3n) is 4.24. The van der Waals surface area contributed by atoms with Gasteiger partial charge in [0.05, 0.1) is 17.7 Å². The Morgan fingerprint density at radius 3 is 2.17 bits per heavy atom. The monoisotopic (exact) mass is 433 g/mol. The molecule has 0 unspecified atom stereocenters. The average molecular weight is 433 g/mol. The van der Waals surface area contributed by atoms with Crippen molar-refractivity contribution in [3.8, 4) is 11.4 Å². The first kappa shape index (κ1) is 21.3. The van der Waals surface area contributed by atoms with E-state index in [-0.39, 0.29) is 24.9 Å². The van der Waals surface area contributed by atoms with Crippen molar-refractivity contribution in [3.05, 3.63) is 41.7 Å². The molecule has 7 nitrogen and oxygen atoms in total. The topological polar surface area (TPSA) is 71.3 Å². The summed E-state index contributed by atoms with van der Waals surface area (Å²) in [6.07, 6.45) is -6.64. The van der Waals surface area contributed by atoms with Crippen molar-refractivity contribution >= 4 is 18.0 Å². The Labute approximate surface area is 165 Å². The zero-order chi connectivity index (χ0) is 22.3. The molecular formula is C17H13F6N5O2. The summed E-state index contributed by atoms with van der Waals surface area (Å²) in [6, 6.07) is 1.02. The molecule has 0 spiro atoms. The minimum Gasteiger partial charge on any atom is -0.273 e. The summed E-state index contributed by atoms with van der Waals surface area (Å²) < 4.78 is 78.8. The van der Waals surface area contributed by atoms with Gasteiger partial charge in [0.2, 0.25) is 5.91 Å². The van der Waals surface area contributed by atoms with Crippen LogP contribution >= 0.6 is 0 Å². The first-order valence-electron chi connectivity index (χ1n) is 8.33. The van der Waals surface area contributed by atoms with Crippen LogP contribution in [0.25, 0.3) is 17.6 Å². The van der Waals surface area contributed by atoms with Gasteiger partial charge in [0.25, 0.3) is 5.91 Å². The molecule has 0 N–H and O–H groups in total. The fourth-order valence-corrected chi connectivity index (χ4v) is 2.70. The summed E-state index contributed by atoms with van der Waals surface area (Å²) in [5, 5.41) is 6.10. The van der Waals surface area contributed by atoms with Crippen LogP contribution in [0.3, 0.4) is 0 Å². The number of amides is 2. The van der Waals surface area contributed by atoms with Crippen molar-refractivity contribution in [2.75, 3.05) is 13.6 Å². The van der Waals surface area contributed by atoms with Crippen LogP contribution in [-0.4, -0.2) is 50.2 Å². The third kappa shape index (κ3) is 4.44. The molecule has 1 aliphatic rings. The van der Waals surface area contributed by atoms with Crippen LogP contribution in [-0.2, 0) is 21.9 Å². The maximum Gasteiger partial charge on any atom is 0.416 e. The molecule has 0 bridgehead atoms. The van der Waals surface area contributed by atoms with Gasteiger partial charge in [-0.15, -0.1) is 5.10 Å². The molecule has 1 aliphatic heterocycles. The summed E-state index contributed by atoms with van der Waals surface area (Å²) in [4.78, 5) is 27.2. The second-order valence-electron chi connectivity index (χ2n) is 6.29. The summed E-state index contributed by atoms with van der Waals surface area (Å²) in [7, 11) is 1.42. The first-order valence-corrected chi connectivity index (χ1v) is 8.33. The van der Waals surface area contributed by atoms with Crippen LogP contribution in [0.2, 0.25) is 0 Å². The Kier molecular flexibility index (Phi) is 5.31. The van der Waals surface area contributed by atoms with Crippen LogP contribution in [0.1, 0.15) is 17.5 Å². The number of nitrogens with zero attached hydrogens (tertiary/aromatic N) is 5. The predicted molar refractivity (Wildman–Crippen MR) is 89.9 cm³/mol. The van der Waals surface area contributed by atoms with Crippen LogP contribution in [0, 0.1) is 0 Å². The molecule has 1 aromatic carbocycles. The minimum atomic E-state index is -5.00. The molecule has 1 fully saturated rings. The normalized spacial score (nSPS) is 15.5. The van der Waals surface area contributed by atoms with Gasteiger partial charge in [-0.25, -0.2) is 14.7 Å². The number of benzene rings is 1. The maximum atomic E-state index is 13.0. The molecule has 0 saturated carbocycles. The highest BCUT2D eigenvalue weighted by Crippen LogP contribution is 2.38. The van der Waals surface area contributed by atoms with Crippen LogP contribution in [0.4, 0.5) is 26.3 Å². The van der Waals surface area contributed by atoms with E-state index < -0.39 is 40.8 Å². The molecule has 0 radical (unpaired) electrons. The van der Waals surface area contributed by atoms with Gasteiger partial charge in [-0.1, -0.05) is 0 Å². The highest BCUT2D eigenvalue weighted by atomic mass is 19.4. The number of halogens is 6. The fraction of sp³-hybridized carbons (Fsp3) is 0.294. The molecule has 160 valence electrons. The lowest BCUT2D eigenvalue weighted by Gasteiger charge is -2.22. The lowest BCUT2D eigenvalue weighted by Crippen LogP contribution is -2.39. The number of carbonyl (C=O) groups is 2. The molecule has 30 heavy (non-hydrogen) atoms. The SMILES string of the molecule is CN1C(=O)CCN1C(=O)C=Cn1cnc(-c2cc(C(F)(F)F)cc(C(F)(F)F)c2)n1. The number of alkyl halides is 6. The van der Waals surface area contributed by atoms with Crippen molar-refractivity contribution in [3.63, 3.8) is 0 Å². The molecule has 1 saturated heterocycles. The van der Waals surface area contributed by atoms with Gasteiger partial charge in [0, 0.05) is 31.3 Å². The van der Waals surface area contributed by atoms with Gasteiger partial charge in [0.1, 0.15) is 6.33 Å². The largest absolute Gasteiger partial charge is 0.416 e. The molecule has 2 heterocycles. The molecule has 13 heteroatoms. The number of carbonyl (C=O) groups excluding carboxylic acids is 2. The van der Waals surface area contributed by atoms with Gasteiger partial charge in [-0.05, 0) is 18.2 Å². The van der Waals surface area contributed by atoms with Gasteiger partial charge in [0.15, 0.2) is 5.82 Å². The number of hydrogen-bond donors (Lipinski definition) is 0. The number of hydrazine groups is 1. The smallest absolute Gasteiger partial charge is 0.273 e. The Hall–Kier alpha value is -3.38. The van der Waals surface area contributed by atoms with E-state index in [0.717, 1.165) is 28.3 Å². The zero-order valence-electron chi connectivity index (χ0n) is 15.2. The Bertz CT molecular complexity index is 979. The second-order valence-corrected chi connectivity index (χ2v) is 6.29. The summed E-state index contributed by atoms with van der Waals surface area (Å²) in [5.41, 5.74) is -3.47. The van der Waals surface area contributed by atoms with Crippen LogP contribution in [0.15, 0.2) is 30.6 Å². The van der Waals surface area contributed by atoms with Gasteiger partial charge in [-0.2, -0.15) is 26.3 Å². The Balaban J connectivity index is 1.87. The molecule has 2 aromatic rings. The Morgan fingerprint density at radius 1 is 1.07 bits per heavy atom. The molecule has 0 atom stereocenters. The summed E-state index contributed by atoms with van der Waals surface area (Å²) >= 11 is 0. The van der Waals surface area contributed by atoms with Crippen molar-refractivity contribution in [1.82, 2.24) is 24.8 Å². The van der Waals surface area contributed by atoms with E-state index >= 15 is 0 Å². The fourth-order valence-electron chi connectivity index (χ4n) is 2.70. The standard InChI is InChI=1S/C17H13F6N5O2/c1-26-13(29)3-5-28(26)14(30)2-4-27-9-24-15(25-27)10-6-11(16(18,19)20)8-12(7-10)17(21,22)23/h2,4,6-9H,3,5H2,1H3. The van der Waals surface area contributed by atoms with E-state index in [2.05, 4.69) is 10.1 Å². The van der Waals surface area contributed by atoms with Crippen molar-refractivity contribution in [2.24, 2.45) is 0 Å². The van der Waals surface area contributed by atoms with E-state index in [0.29, 0.717) is 12.1 Å². The molecule has 1 aromatic heterocycles. The van der Waals surface area contributed by atoms with E-state index in [1.165, 1.54) is 12.1 Å². The van der Waals surface area contributed by atoms with E-state index in [1.807, 2.05) is 0 Å². The molecule has 2 amide bonds. The van der Waals surface area contributed by atoms with Gasteiger partial charge >= 0.3 is 12.4 Å². The number of rotatable bonds is 3. The predicted octanol–water partition coefficient (Wildman–Crippen LogP) is 3.06. The van der Waals surface area contributed by atoms with Crippen LogP contribution < -0.4 is 0 Å².